The maximum atomic E-state index is 9.56. The molecule has 3 heteroatoms. The zero-order valence-corrected chi connectivity index (χ0v) is 9.69. The molecule has 0 aliphatic heterocycles. The molecule has 0 unspecified atom stereocenters. The van der Waals surface area contributed by atoms with Gasteiger partial charge < -0.3 is 10.8 Å². The van der Waals surface area contributed by atoms with Gasteiger partial charge in [-0.25, -0.2) is 0 Å². The van der Waals surface area contributed by atoms with E-state index in [1.807, 2.05) is 39.0 Å². The Hall–Kier alpha value is -0.670. The van der Waals surface area contributed by atoms with Gasteiger partial charge in [-0.1, -0.05) is 0 Å². The first-order valence-corrected chi connectivity index (χ1v) is 5.58. The van der Waals surface area contributed by atoms with Gasteiger partial charge >= 0.3 is 0 Å². The van der Waals surface area contributed by atoms with E-state index >= 15 is 0 Å². The summed E-state index contributed by atoms with van der Waals surface area (Å²) in [5, 5.41) is 9.56. The molecule has 0 aromatic heterocycles. The van der Waals surface area contributed by atoms with Crippen molar-refractivity contribution < 1.29 is 5.11 Å². The second kappa shape index (κ2) is 4.24. The lowest BCUT2D eigenvalue weighted by atomic mass is 10.2. The van der Waals surface area contributed by atoms with Crippen LogP contribution in [0.25, 0.3) is 0 Å². The Morgan fingerprint density at radius 1 is 1.43 bits per heavy atom. The summed E-state index contributed by atoms with van der Waals surface area (Å²) in [6, 6.07) is 5.94. The van der Waals surface area contributed by atoms with E-state index in [-0.39, 0.29) is 0 Å². The quantitative estimate of drug-likeness (QED) is 0.596. The number of thioether (sulfide) groups is 1. The minimum absolute atomic E-state index is 0.625. The number of anilines is 1. The highest BCUT2D eigenvalue weighted by molar-refractivity contribution is 7.99. The van der Waals surface area contributed by atoms with Crippen LogP contribution in [0.15, 0.2) is 23.1 Å². The highest BCUT2D eigenvalue weighted by atomic mass is 32.2. The lowest BCUT2D eigenvalue weighted by molar-refractivity contribution is 0.107. The molecule has 0 atom stereocenters. The van der Waals surface area contributed by atoms with Crippen molar-refractivity contribution in [1.29, 1.82) is 0 Å². The summed E-state index contributed by atoms with van der Waals surface area (Å²) in [6.07, 6.45) is 0. The van der Waals surface area contributed by atoms with E-state index in [0.29, 0.717) is 5.75 Å². The molecule has 0 aliphatic carbocycles. The van der Waals surface area contributed by atoms with E-state index in [0.717, 1.165) is 16.1 Å². The number of rotatable bonds is 3. The van der Waals surface area contributed by atoms with Gasteiger partial charge in [-0.2, -0.15) is 0 Å². The summed E-state index contributed by atoms with van der Waals surface area (Å²) in [5.41, 5.74) is 6.99. The van der Waals surface area contributed by atoms with Crippen LogP contribution < -0.4 is 5.73 Å². The minimum Gasteiger partial charge on any atom is -0.399 e. The highest BCUT2D eigenvalue weighted by Gasteiger charge is 2.12. The van der Waals surface area contributed by atoms with Crippen molar-refractivity contribution in [3.63, 3.8) is 0 Å². The zero-order valence-electron chi connectivity index (χ0n) is 8.87. The number of nitrogens with two attached hydrogens (primary N) is 1. The molecule has 0 bridgehead atoms. The SMILES string of the molecule is Cc1cc(SCC(C)(C)O)ccc1N. The predicted molar refractivity (Wildman–Crippen MR) is 62.6 cm³/mol. The lowest BCUT2D eigenvalue weighted by Gasteiger charge is -2.16. The summed E-state index contributed by atoms with van der Waals surface area (Å²) in [6.45, 7) is 5.61. The van der Waals surface area contributed by atoms with Crippen LogP contribution in [0.1, 0.15) is 19.4 Å². The fraction of sp³-hybridized carbons (Fsp3) is 0.455. The maximum Gasteiger partial charge on any atom is 0.0685 e. The van der Waals surface area contributed by atoms with Crippen molar-refractivity contribution in [2.45, 2.75) is 31.3 Å². The molecular weight excluding hydrogens is 194 g/mol. The topological polar surface area (TPSA) is 46.2 Å². The molecule has 0 saturated carbocycles. The number of benzene rings is 1. The third-order valence-corrected chi connectivity index (χ3v) is 3.27. The van der Waals surface area contributed by atoms with Gasteiger partial charge in [-0.05, 0) is 44.5 Å². The van der Waals surface area contributed by atoms with Crippen molar-refractivity contribution in [2.24, 2.45) is 0 Å². The van der Waals surface area contributed by atoms with Gasteiger partial charge in [0.25, 0.3) is 0 Å². The van der Waals surface area contributed by atoms with Crippen molar-refractivity contribution in [3.05, 3.63) is 23.8 Å². The molecule has 14 heavy (non-hydrogen) atoms. The van der Waals surface area contributed by atoms with Crippen LogP contribution in [0.4, 0.5) is 5.69 Å². The van der Waals surface area contributed by atoms with Gasteiger partial charge in [0, 0.05) is 16.3 Å². The van der Waals surface area contributed by atoms with Crippen molar-refractivity contribution in [1.82, 2.24) is 0 Å². The summed E-state index contributed by atoms with van der Waals surface area (Å²) < 4.78 is 0. The standard InChI is InChI=1S/C11H17NOS/c1-8-6-9(4-5-10(8)12)14-7-11(2,3)13/h4-6,13H,7,12H2,1-3H3. The van der Waals surface area contributed by atoms with Crippen LogP contribution in [0, 0.1) is 6.92 Å². The van der Waals surface area contributed by atoms with E-state index in [1.54, 1.807) is 11.8 Å². The van der Waals surface area contributed by atoms with E-state index in [1.165, 1.54) is 0 Å². The summed E-state index contributed by atoms with van der Waals surface area (Å²) in [5.74, 6) is 0.691. The van der Waals surface area contributed by atoms with E-state index in [9.17, 15) is 5.11 Å². The molecule has 3 N–H and O–H groups in total. The number of nitrogen functional groups attached to an aromatic ring is 1. The monoisotopic (exact) mass is 211 g/mol. The maximum absolute atomic E-state index is 9.56. The van der Waals surface area contributed by atoms with E-state index in [4.69, 9.17) is 5.73 Å². The first kappa shape index (κ1) is 11.4. The average molecular weight is 211 g/mol. The fourth-order valence-corrected chi connectivity index (χ4v) is 1.94. The molecule has 0 radical (unpaired) electrons. The average Bonchev–Trinajstić information content (AvgIpc) is 2.06. The van der Waals surface area contributed by atoms with Gasteiger partial charge in [0.15, 0.2) is 0 Å². The Morgan fingerprint density at radius 3 is 2.57 bits per heavy atom. The van der Waals surface area contributed by atoms with Gasteiger partial charge in [0.2, 0.25) is 0 Å². The van der Waals surface area contributed by atoms with Crippen LogP contribution in [0.3, 0.4) is 0 Å². The first-order chi connectivity index (χ1) is 6.38. The number of aryl methyl sites for hydroxylation is 1. The Balaban J connectivity index is 2.65. The molecule has 0 saturated heterocycles. The second-order valence-electron chi connectivity index (χ2n) is 4.12. The molecule has 78 valence electrons. The Bertz CT molecular complexity index is 318. The second-order valence-corrected chi connectivity index (χ2v) is 5.17. The third-order valence-electron chi connectivity index (χ3n) is 1.83. The van der Waals surface area contributed by atoms with Crippen LogP contribution in [-0.4, -0.2) is 16.5 Å². The highest BCUT2D eigenvalue weighted by Crippen LogP contribution is 2.25. The molecule has 0 fully saturated rings. The smallest absolute Gasteiger partial charge is 0.0685 e. The summed E-state index contributed by atoms with van der Waals surface area (Å²) in [7, 11) is 0. The zero-order chi connectivity index (χ0) is 10.8. The molecule has 0 amide bonds. The van der Waals surface area contributed by atoms with E-state index < -0.39 is 5.60 Å². The van der Waals surface area contributed by atoms with E-state index in [2.05, 4.69) is 0 Å². The Kier molecular flexibility index (Phi) is 3.45. The van der Waals surface area contributed by atoms with Crippen LogP contribution in [0.5, 0.6) is 0 Å². The minimum atomic E-state index is -0.625. The van der Waals surface area contributed by atoms with Gasteiger partial charge in [0.05, 0.1) is 5.60 Å². The fourth-order valence-electron chi connectivity index (χ4n) is 0.998. The molecule has 1 aromatic carbocycles. The Morgan fingerprint density at radius 2 is 2.07 bits per heavy atom. The molecule has 1 aromatic rings. The molecule has 1 rings (SSSR count). The lowest BCUT2D eigenvalue weighted by Crippen LogP contribution is -2.21. The van der Waals surface area contributed by atoms with Gasteiger partial charge in [-0.15, -0.1) is 11.8 Å². The molecule has 2 nitrogen and oxygen atoms in total. The van der Waals surface area contributed by atoms with Crippen molar-refractivity contribution in [2.75, 3.05) is 11.5 Å². The number of hydrogen-bond donors (Lipinski definition) is 2. The Labute approximate surface area is 89.5 Å². The normalized spacial score (nSPS) is 11.7. The summed E-state index contributed by atoms with van der Waals surface area (Å²) in [4.78, 5) is 1.15. The van der Waals surface area contributed by atoms with Crippen LogP contribution in [-0.2, 0) is 0 Å². The predicted octanol–water partition coefficient (Wildman–Crippen LogP) is 2.44. The van der Waals surface area contributed by atoms with Gasteiger partial charge in [0.1, 0.15) is 0 Å². The van der Waals surface area contributed by atoms with Crippen molar-refractivity contribution >= 4 is 17.4 Å². The third kappa shape index (κ3) is 3.60. The molecule has 0 aliphatic rings. The molecule has 0 heterocycles. The van der Waals surface area contributed by atoms with Crippen LogP contribution >= 0.6 is 11.8 Å². The van der Waals surface area contributed by atoms with Crippen LogP contribution in [0.2, 0.25) is 0 Å². The molecule has 0 spiro atoms. The largest absolute Gasteiger partial charge is 0.399 e. The van der Waals surface area contributed by atoms with Gasteiger partial charge in [-0.3, -0.25) is 0 Å². The number of hydrogen-bond acceptors (Lipinski definition) is 3. The van der Waals surface area contributed by atoms with Crippen molar-refractivity contribution in [3.8, 4) is 0 Å². The number of aliphatic hydroxyl groups is 1. The summed E-state index contributed by atoms with van der Waals surface area (Å²) >= 11 is 1.64. The first-order valence-electron chi connectivity index (χ1n) is 4.60. The molecular formula is C11H17NOS.